The second-order valence-electron chi connectivity index (χ2n) is 4.68. The lowest BCUT2D eigenvalue weighted by Crippen LogP contribution is -2.25. The zero-order valence-corrected chi connectivity index (χ0v) is 13.1. The molecular formula is C12H14F3N5O2S. The molecule has 0 aliphatic heterocycles. The van der Waals surface area contributed by atoms with E-state index in [2.05, 4.69) is 20.7 Å². The van der Waals surface area contributed by atoms with Crippen LogP contribution in [-0.2, 0) is 11.3 Å². The van der Waals surface area contributed by atoms with Crippen molar-refractivity contribution in [2.24, 2.45) is 0 Å². The minimum Gasteiger partial charge on any atom is -0.360 e. The van der Waals surface area contributed by atoms with E-state index < -0.39 is 23.9 Å². The number of halogens is 3. The highest BCUT2D eigenvalue weighted by atomic mass is 32.2. The van der Waals surface area contributed by atoms with Gasteiger partial charge in [0, 0.05) is 6.07 Å². The SMILES string of the molecule is CCC(Sc1nncn1CC(F)(F)F)C(=O)Nc1cc(C)on1. The van der Waals surface area contributed by atoms with Crippen LogP contribution in [0.5, 0.6) is 0 Å². The Bertz CT molecular complexity index is 670. The summed E-state index contributed by atoms with van der Waals surface area (Å²) in [4.78, 5) is 12.2. The molecule has 0 bridgehead atoms. The molecule has 1 atom stereocenters. The Morgan fingerprint density at radius 1 is 1.52 bits per heavy atom. The van der Waals surface area contributed by atoms with E-state index in [0.29, 0.717) is 12.2 Å². The lowest BCUT2D eigenvalue weighted by atomic mass is 10.3. The highest BCUT2D eigenvalue weighted by molar-refractivity contribution is 8.00. The smallest absolute Gasteiger partial charge is 0.360 e. The van der Waals surface area contributed by atoms with Gasteiger partial charge >= 0.3 is 6.18 Å². The molecule has 2 aromatic heterocycles. The maximum absolute atomic E-state index is 12.5. The van der Waals surface area contributed by atoms with E-state index in [0.717, 1.165) is 22.7 Å². The van der Waals surface area contributed by atoms with Crippen molar-refractivity contribution >= 4 is 23.5 Å². The van der Waals surface area contributed by atoms with Gasteiger partial charge in [0.1, 0.15) is 18.6 Å². The van der Waals surface area contributed by atoms with Crippen LogP contribution in [0.15, 0.2) is 22.1 Å². The zero-order chi connectivity index (χ0) is 17.0. The molecule has 1 amide bonds. The van der Waals surface area contributed by atoms with Gasteiger partial charge in [0.05, 0.1) is 5.25 Å². The summed E-state index contributed by atoms with van der Waals surface area (Å²) in [7, 11) is 0. The minimum absolute atomic E-state index is 0.0284. The fraction of sp³-hybridized carbons (Fsp3) is 0.500. The molecule has 1 unspecified atom stereocenters. The topological polar surface area (TPSA) is 85.8 Å². The van der Waals surface area contributed by atoms with Crippen molar-refractivity contribution in [2.75, 3.05) is 5.32 Å². The van der Waals surface area contributed by atoms with Gasteiger partial charge < -0.3 is 9.84 Å². The number of aryl methyl sites for hydroxylation is 1. The fourth-order valence-corrected chi connectivity index (χ4v) is 2.65. The van der Waals surface area contributed by atoms with Gasteiger partial charge in [0.15, 0.2) is 11.0 Å². The third-order valence-corrected chi connectivity index (χ3v) is 4.08. The maximum Gasteiger partial charge on any atom is 0.406 e. The van der Waals surface area contributed by atoms with Gasteiger partial charge in [-0.1, -0.05) is 23.8 Å². The number of carbonyl (C=O) groups excluding carboxylic acids is 1. The number of amides is 1. The molecule has 0 fully saturated rings. The summed E-state index contributed by atoms with van der Waals surface area (Å²) >= 11 is 0.916. The minimum atomic E-state index is -4.39. The monoisotopic (exact) mass is 349 g/mol. The molecule has 1 N–H and O–H groups in total. The summed E-state index contributed by atoms with van der Waals surface area (Å²) in [6.07, 6.45) is -3.01. The number of nitrogens with zero attached hydrogens (tertiary/aromatic N) is 4. The van der Waals surface area contributed by atoms with Gasteiger partial charge in [0.25, 0.3) is 0 Å². The van der Waals surface area contributed by atoms with Crippen LogP contribution in [0, 0.1) is 6.92 Å². The molecule has 2 heterocycles. The average molecular weight is 349 g/mol. The lowest BCUT2D eigenvalue weighted by Gasteiger charge is -2.14. The quantitative estimate of drug-likeness (QED) is 0.807. The molecular weight excluding hydrogens is 335 g/mol. The van der Waals surface area contributed by atoms with E-state index in [1.165, 1.54) is 0 Å². The molecule has 0 aliphatic carbocycles. The van der Waals surface area contributed by atoms with Crippen LogP contribution in [0.1, 0.15) is 19.1 Å². The standard InChI is InChI=1S/C12H14F3N5O2S/c1-3-8(10(21)17-9-4-7(2)22-19-9)23-11-18-16-6-20(11)5-12(13,14)15/h4,6,8H,3,5H2,1-2H3,(H,17,19,21). The largest absolute Gasteiger partial charge is 0.406 e. The number of nitrogens with one attached hydrogen (secondary N) is 1. The molecule has 126 valence electrons. The van der Waals surface area contributed by atoms with Crippen LogP contribution in [0.2, 0.25) is 0 Å². The Morgan fingerprint density at radius 3 is 2.83 bits per heavy atom. The second kappa shape index (κ2) is 7.02. The number of carbonyl (C=O) groups is 1. The molecule has 0 saturated heterocycles. The summed E-state index contributed by atoms with van der Waals surface area (Å²) in [5.41, 5.74) is 0. The van der Waals surface area contributed by atoms with Crippen LogP contribution in [0.4, 0.5) is 19.0 Å². The third-order valence-electron chi connectivity index (χ3n) is 2.72. The van der Waals surface area contributed by atoms with Crippen molar-refractivity contribution in [3.05, 3.63) is 18.2 Å². The van der Waals surface area contributed by atoms with Crippen molar-refractivity contribution in [3.63, 3.8) is 0 Å². The molecule has 23 heavy (non-hydrogen) atoms. The highest BCUT2D eigenvalue weighted by Crippen LogP contribution is 2.27. The number of hydrogen-bond donors (Lipinski definition) is 1. The molecule has 0 radical (unpaired) electrons. The first kappa shape index (κ1) is 17.3. The Hall–Kier alpha value is -2.04. The van der Waals surface area contributed by atoms with Gasteiger partial charge in [-0.3, -0.25) is 9.36 Å². The van der Waals surface area contributed by atoms with Crippen LogP contribution in [-0.4, -0.2) is 37.3 Å². The Morgan fingerprint density at radius 2 is 2.26 bits per heavy atom. The predicted molar refractivity (Wildman–Crippen MR) is 75.9 cm³/mol. The summed E-state index contributed by atoms with van der Waals surface area (Å²) in [5, 5.41) is 12.7. The molecule has 0 aromatic carbocycles. The summed E-state index contributed by atoms with van der Waals surface area (Å²) in [5.74, 6) is 0.390. The number of thioether (sulfide) groups is 1. The van der Waals surface area contributed by atoms with Crippen molar-refractivity contribution < 1.29 is 22.5 Å². The van der Waals surface area contributed by atoms with E-state index in [1.54, 1.807) is 19.9 Å². The van der Waals surface area contributed by atoms with E-state index in [-0.39, 0.29) is 11.0 Å². The Balaban J connectivity index is 2.04. The summed E-state index contributed by atoms with van der Waals surface area (Å²) in [6, 6.07) is 1.54. The Kier molecular flexibility index (Phi) is 5.29. The van der Waals surface area contributed by atoms with Crippen LogP contribution in [0.3, 0.4) is 0 Å². The molecule has 0 saturated carbocycles. The molecule has 2 rings (SSSR count). The molecule has 0 spiro atoms. The normalized spacial score (nSPS) is 13.1. The lowest BCUT2D eigenvalue weighted by molar-refractivity contribution is -0.142. The number of alkyl halides is 3. The van der Waals surface area contributed by atoms with E-state index in [9.17, 15) is 18.0 Å². The highest BCUT2D eigenvalue weighted by Gasteiger charge is 2.30. The first-order valence-electron chi connectivity index (χ1n) is 6.64. The number of rotatable bonds is 6. The van der Waals surface area contributed by atoms with Crippen molar-refractivity contribution in [3.8, 4) is 0 Å². The van der Waals surface area contributed by atoms with Crippen molar-refractivity contribution in [2.45, 2.75) is 43.4 Å². The van der Waals surface area contributed by atoms with Gasteiger partial charge in [0.2, 0.25) is 5.91 Å². The molecule has 0 aliphatic rings. The summed E-state index contributed by atoms with van der Waals surface area (Å²) in [6.45, 7) is 2.22. The van der Waals surface area contributed by atoms with Crippen LogP contribution < -0.4 is 5.32 Å². The van der Waals surface area contributed by atoms with E-state index in [1.807, 2.05) is 0 Å². The maximum atomic E-state index is 12.5. The summed E-state index contributed by atoms with van der Waals surface area (Å²) < 4.78 is 43.1. The third kappa shape index (κ3) is 4.98. The number of hydrogen-bond acceptors (Lipinski definition) is 6. The van der Waals surface area contributed by atoms with Crippen molar-refractivity contribution in [1.29, 1.82) is 0 Å². The Labute approximate surface area is 133 Å². The second-order valence-corrected chi connectivity index (χ2v) is 5.85. The zero-order valence-electron chi connectivity index (χ0n) is 12.3. The van der Waals surface area contributed by atoms with Gasteiger partial charge in [-0.15, -0.1) is 10.2 Å². The molecule has 11 heteroatoms. The number of anilines is 1. The fourth-order valence-electron chi connectivity index (χ4n) is 1.72. The molecule has 7 nitrogen and oxygen atoms in total. The van der Waals surface area contributed by atoms with Crippen LogP contribution in [0.25, 0.3) is 0 Å². The van der Waals surface area contributed by atoms with Crippen LogP contribution >= 0.6 is 11.8 Å². The van der Waals surface area contributed by atoms with Crippen molar-refractivity contribution in [1.82, 2.24) is 19.9 Å². The number of aromatic nitrogens is 4. The van der Waals surface area contributed by atoms with E-state index in [4.69, 9.17) is 4.52 Å². The van der Waals surface area contributed by atoms with E-state index >= 15 is 0 Å². The first-order chi connectivity index (χ1) is 10.8. The predicted octanol–water partition coefficient (Wildman–Crippen LogP) is 2.65. The average Bonchev–Trinajstić information content (AvgIpc) is 3.03. The van der Waals surface area contributed by atoms with Gasteiger partial charge in [-0.2, -0.15) is 13.2 Å². The van der Waals surface area contributed by atoms with Gasteiger partial charge in [-0.05, 0) is 13.3 Å². The first-order valence-corrected chi connectivity index (χ1v) is 7.52. The molecule has 2 aromatic rings. The van der Waals surface area contributed by atoms with Gasteiger partial charge in [-0.25, -0.2) is 0 Å².